The van der Waals surface area contributed by atoms with Crippen molar-refractivity contribution in [2.45, 2.75) is 39.8 Å². The highest BCUT2D eigenvalue weighted by molar-refractivity contribution is 5.72. The van der Waals surface area contributed by atoms with Crippen LogP contribution in [0.1, 0.15) is 42.2 Å². The number of ether oxygens (including phenoxy) is 1. The summed E-state index contributed by atoms with van der Waals surface area (Å²) >= 11 is 0. The van der Waals surface area contributed by atoms with Crippen LogP contribution in [0.15, 0.2) is 55.0 Å². The largest absolute Gasteiger partial charge is 0.482 e. The number of pyridine rings is 2. The smallest absolute Gasteiger partial charge is 0.166 e. The predicted molar refractivity (Wildman–Crippen MR) is 122 cm³/mol. The van der Waals surface area contributed by atoms with E-state index in [-0.39, 0.29) is 6.10 Å². The van der Waals surface area contributed by atoms with Crippen molar-refractivity contribution in [2.75, 3.05) is 5.73 Å². The van der Waals surface area contributed by atoms with Gasteiger partial charge in [0.15, 0.2) is 11.6 Å². The molecule has 5 rings (SSSR count). The normalized spacial score (nSPS) is 15.0. The van der Waals surface area contributed by atoms with E-state index >= 15 is 0 Å². The second kappa shape index (κ2) is 7.54. The second-order valence-electron chi connectivity index (χ2n) is 7.98. The maximum Gasteiger partial charge on any atom is 0.166 e. The van der Waals surface area contributed by atoms with Crippen molar-refractivity contribution in [3.05, 3.63) is 77.2 Å². The van der Waals surface area contributed by atoms with E-state index in [1.54, 1.807) is 6.20 Å². The van der Waals surface area contributed by atoms with E-state index in [4.69, 9.17) is 15.5 Å². The van der Waals surface area contributed by atoms with Gasteiger partial charge in [0.1, 0.15) is 6.10 Å². The maximum absolute atomic E-state index is 6.37. The lowest BCUT2D eigenvalue weighted by molar-refractivity contribution is 0.228. The molecule has 0 aliphatic carbocycles. The average Bonchev–Trinajstić information content (AvgIpc) is 3.17. The van der Waals surface area contributed by atoms with Crippen LogP contribution >= 0.6 is 0 Å². The fraction of sp³-hybridized carbons (Fsp3) is 0.240. The van der Waals surface area contributed by atoms with Gasteiger partial charge in [-0.2, -0.15) is 5.10 Å². The Morgan fingerprint density at radius 2 is 2.00 bits per heavy atom. The lowest BCUT2D eigenvalue weighted by Crippen LogP contribution is -2.10. The number of nitrogens with zero attached hydrogens (tertiary/aromatic N) is 4. The highest BCUT2D eigenvalue weighted by atomic mass is 16.5. The van der Waals surface area contributed by atoms with Gasteiger partial charge < -0.3 is 10.5 Å². The summed E-state index contributed by atoms with van der Waals surface area (Å²) in [6, 6.07) is 12.5. The van der Waals surface area contributed by atoms with Gasteiger partial charge in [-0.25, -0.2) is 4.98 Å². The molecule has 1 aliphatic heterocycles. The quantitative estimate of drug-likeness (QED) is 0.479. The number of hydrogen-bond acceptors (Lipinski definition) is 5. The summed E-state index contributed by atoms with van der Waals surface area (Å²) in [5, 5.41) is 4.62. The third-order valence-corrected chi connectivity index (χ3v) is 5.85. The van der Waals surface area contributed by atoms with Gasteiger partial charge in [0.05, 0.1) is 17.6 Å². The van der Waals surface area contributed by atoms with Crippen molar-refractivity contribution in [1.82, 2.24) is 19.7 Å². The third kappa shape index (κ3) is 3.34. The number of rotatable bonds is 1. The van der Waals surface area contributed by atoms with Gasteiger partial charge >= 0.3 is 0 Å². The average molecular weight is 412 g/mol. The minimum absolute atomic E-state index is 0.223. The summed E-state index contributed by atoms with van der Waals surface area (Å²) in [5.41, 5.74) is 14.7. The number of nitrogen functional groups attached to an aromatic ring is 1. The van der Waals surface area contributed by atoms with Gasteiger partial charge in [-0.15, -0.1) is 0 Å². The van der Waals surface area contributed by atoms with Crippen molar-refractivity contribution >= 4 is 5.82 Å². The molecule has 0 spiro atoms. The molecule has 31 heavy (non-hydrogen) atoms. The lowest BCUT2D eigenvalue weighted by Gasteiger charge is -2.22. The second-order valence-corrected chi connectivity index (χ2v) is 7.98. The predicted octanol–water partition coefficient (Wildman–Crippen LogP) is 4.96. The summed E-state index contributed by atoms with van der Waals surface area (Å²) in [7, 11) is 0. The van der Waals surface area contributed by atoms with E-state index in [1.807, 2.05) is 36.1 Å². The van der Waals surface area contributed by atoms with E-state index in [0.717, 1.165) is 52.2 Å². The molecule has 4 heterocycles. The molecule has 1 aliphatic rings. The molecule has 0 amide bonds. The molecule has 0 saturated heterocycles. The van der Waals surface area contributed by atoms with E-state index in [9.17, 15) is 0 Å². The number of hydrogen-bond donors (Lipinski definition) is 1. The molecule has 1 aromatic carbocycles. The molecule has 2 N–H and O–H groups in total. The van der Waals surface area contributed by atoms with E-state index in [1.165, 1.54) is 5.56 Å². The van der Waals surface area contributed by atoms with Crippen LogP contribution in [0.5, 0.6) is 5.75 Å². The zero-order valence-electron chi connectivity index (χ0n) is 18.0. The van der Waals surface area contributed by atoms with Crippen LogP contribution in [0.2, 0.25) is 0 Å². The lowest BCUT2D eigenvalue weighted by atomic mass is 9.92. The third-order valence-electron chi connectivity index (χ3n) is 5.85. The van der Waals surface area contributed by atoms with Gasteiger partial charge in [-0.1, -0.05) is 29.8 Å². The van der Waals surface area contributed by atoms with Gasteiger partial charge in [-0.05, 0) is 38.5 Å². The number of nitrogens with two attached hydrogens (primary N) is 1. The minimum atomic E-state index is -0.223. The standard InChI is InChI=1S/C25H25N5O/c1-4-30-24-18(14-29-30)11-17-6-5-9-27-23(17)20-8-7-15(2)10-21(20)16(3)31-22-12-19(24)13-28-25(22)26/h5-10,12-14,16H,4,11H2,1-3H3,(H2,26,28)/t16-/m1/s1. The highest BCUT2D eigenvalue weighted by Gasteiger charge is 2.22. The van der Waals surface area contributed by atoms with Gasteiger partial charge in [0.25, 0.3) is 0 Å². The Balaban J connectivity index is 1.81. The zero-order valence-corrected chi connectivity index (χ0v) is 18.0. The van der Waals surface area contributed by atoms with Crippen molar-refractivity contribution in [2.24, 2.45) is 0 Å². The summed E-state index contributed by atoms with van der Waals surface area (Å²) in [5.74, 6) is 0.957. The first-order chi connectivity index (χ1) is 15.0. The van der Waals surface area contributed by atoms with Gasteiger partial charge in [0, 0.05) is 47.6 Å². The number of benzene rings is 1. The Labute approximate surface area is 181 Å². The topological polar surface area (TPSA) is 78.9 Å². The molecule has 3 aromatic heterocycles. The first-order valence-electron chi connectivity index (χ1n) is 10.6. The Morgan fingerprint density at radius 3 is 2.84 bits per heavy atom. The van der Waals surface area contributed by atoms with Crippen LogP contribution < -0.4 is 10.5 Å². The molecule has 6 nitrogen and oxygen atoms in total. The van der Waals surface area contributed by atoms with Crippen LogP contribution in [0.3, 0.4) is 0 Å². The fourth-order valence-electron chi connectivity index (χ4n) is 4.32. The molecule has 0 fully saturated rings. The maximum atomic E-state index is 6.37. The summed E-state index contributed by atoms with van der Waals surface area (Å²) in [6.07, 6.45) is 6.09. The Morgan fingerprint density at radius 1 is 1.13 bits per heavy atom. The molecular weight excluding hydrogens is 386 g/mol. The number of anilines is 1. The number of fused-ring (bicyclic) bond motifs is 7. The summed E-state index contributed by atoms with van der Waals surface area (Å²) in [6.45, 7) is 6.97. The van der Waals surface area contributed by atoms with Crippen LogP contribution in [0.4, 0.5) is 5.82 Å². The first kappa shape index (κ1) is 19.3. The molecule has 156 valence electrons. The molecule has 1 atom stereocenters. The SMILES string of the molecule is CCn1ncc2c1-c1cnc(N)c(c1)O[C@H](C)c1cc(C)ccc1-c1ncccc1C2. The van der Waals surface area contributed by atoms with Crippen LogP contribution in [0, 0.1) is 6.92 Å². The molecular formula is C25H25N5O. The highest BCUT2D eigenvalue weighted by Crippen LogP contribution is 2.38. The van der Waals surface area contributed by atoms with Crippen molar-refractivity contribution < 1.29 is 4.74 Å². The monoisotopic (exact) mass is 411 g/mol. The Bertz CT molecular complexity index is 1280. The Hall–Kier alpha value is -3.67. The summed E-state index contributed by atoms with van der Waals surface area (Å²) in [4.78, 5) is 9.21. The molecule has 0 radical (unpaired) electrons. The molecule has 2 bridgehead atoms. The van der Waals surface area contributed by atoms with Crippen LogP contribution in [0.25, 0.3) is 22.5 Å². The first-order valence-corrected chi connectivity index (χ1v) is 10.6. The van der Waals surface area contributed by atoms with E-state index in [2.05, 4.69) is 48.2 Å². The van der Waals surface area contributed by atoms with Crippen molar-refractivity contribution in [1.29, 1.82) is 0 Å². The van der Waals surface area contributed by atoms with Gasteiger partial charge in [0.2, 0.25) is 0 Å². The van der Waals surface area contributed by atoms with Crippen molar-refractivity contribution in [3.63, 3.8) is 0 Å². The number of aromatic nitrogens is 4. The molecule has 4 aromatic rings. The zero-order chi connectivity index (χ0) is 21.5. The van der Waals surface area contributed by atoms with Crippen molar-refractivity contribution in [3.8, 4) is 28.3 Å². The van der Waals surface area contributed by atoms with Crippen LogP contribution in [-0.4, -0.2) is 19.7 Å². The Kier molecular flexibility index (Phi) is 4.70. The fourth-order valence-corrected chi connectivity index (χ4v) is 4.32. The molecule has 0 unspecified atom stereocenters. The molecule has 6 heteroatoms. The van der Waals surface area contributed by atoms with E-state index < -0.39 is 0 Å². The summed E-state index contributed by atoms with van der Waals surface area (Å²) < 4.78 is 8.37. The van der Waals surface area contributed by atoms with Crippen LogP contribution in [-0.2, 0) is 13.0 Å². The minimum Gasteiger partial charge on any atom is -0.482 e. The van der Waals surface area contributed by atoms with Gasteiger partial charge in [-0.3, -0.25) is 9.67 Å². The molecule has 0 saturated carbocycles. The van der Waals surface area contributed by atoms with E-state index in [0.29, 0.717) is 11.6 Å². The number of aryl methyl sites for hydroxylation is 2.